The van der Waals surface area contributed by atoms with Crippen LogP contribution >= 0.6 is 0 Å². The lowest BCUT2D eigenvalue weighted by Crippen LogP contribution is -2.34. The van der Waals surface area contributed by atoms with Gasteiger partial charge in [0.05, 0.1) is 6.61 Å². The number of ether oxygens (including phenoxy) is 1. The van der Waals surface area contributed by atoms with Crippen molar-refractivity contribution in [2.75, 3.05) is 6.61 Å². The number of rotatable bonds is 5. The van der Waals surface area contributed by atoms with Crippen molar-refractivity contribution in [3.05, 3.63) is 76.4 Å². The number of esters is 1. The molecule has 0 aliphatic heterocycles. The predicted octanol–water partition coefficient (Wildman–Crippen LogP) is 6.69. The van der Waals surface area contributed by atoms with Crippen LogP contribution in [0.3, 0.4) is 0 Å². The molecule has 4 rings (SSSR count). The first-order chi connectivity index (χ1) is 14.2. The van der Waals surface area contributed by atoms with Crippen LogP contribution in [0.15, 0.2) is 48.5 Å². The minimum atomic E-state index is -0.282. The first kappa shape index (κ1) is 20.9. The van der Waals surface area contributed by atoms with Crippen molar-refractivity contribution >= 4 is 12.0 Å². The van der Waals surface area contributed by atoms with Crippen molar-refractivity contribution in [2.45, 2.75) is 76.5 Å². The van der Waals surface area contributed by atoms with Crippen molar-refractivity contribution < 1.29 is 9.53 Å². The maximum Gasteiger partial charge on any atom is 0.330 e. The third-order valence-electron chi connectivity index (χ3n) is 7.32. The van der Waals surface area contributed by atoms with Gasteiger partial charge in [-0.15, -0.1) is 0 Å². The number of fused-ring (bicyclic) bond motifs is 1. The van der Waals surface area contributed by atoms with E-state index in [0.717, 1.165) is 18.4 Å². The van der Waals surface area contributed by atoms with E-state index in [-0.39, 0.29) is 22.2 Å². The van der Waals surface area contributed by atoms with E-state index in [1.165, 1.54) is 35.1 Å². The van der Waals surface area contributed by atoms with Crippen molar-refractivity contribution in [2.24, 2.45) is 0 Å². The smallest absolute Gasteiger partial charge is 0.330 e. The van der Waals surface area contributed by atoms with Crippen LogP contribution in [0.5, 0.6) is 0 Å². The standard InChI is InChI=1S/C28H34O2/c1-6-30-25(29)14-11-20-9-7-8-10-22(20)28(17-18-28)21-12-13-23-24(19-21)27(4,5)16-15-26(23,2)3/h7-14,19H,6,15-18H2,1-5H3. The van der Waals surface area contributed by atoms with Crippen LogP contribution in [0.4, 0.5) is 0 Å². The molecule has 1 fully saturated rings. The zero-order valence-corrected chi connectivity index (χ0v) is 19.0. The molecule has 30 heavy (non-hydrogen) atoms. The van der Waals surface area contributed by atoms with Gasteiger partial charge in [0.2, 0.25) is 0 Å². The third-order valence-corrected chi connectivity index (χ3v) is 7.32. The summed E-state index contributed by atoms with van der Waals surface area (Å²) in [7, 11) is 0. The van der Waals surface area contributed by atoms with Crippen molar-refractivity contribution in [1.82, 2.24) is 0 Å². The maximum atomic E-state index is 11.8. The van der Waals surface area contributed by atoms with Crippen molar-refractivity contribution in [1.29, 1.82) is 0 Å². The molecular weight excluding hydrogens is 368 g/mol. The summed E-state index contributed by atoms with van der Waals surface area (Å²) < 4.78 is 5.07. The maximum absolute atomic E-state index is 11.8. The summed E-state index contributed by atoms with van der Waals surface area (Å²) >= 11 is 0. The topological polar surface area (TPSA) is 26.3 Å². The van der Waals surface area contributed by atoms with Crippen LogP contribution < -0.4 is 0 Å². The van der Waals surface area contributed by atoms with Gasteiger partial charge in [-0.2, -0.15) is 0 Å². The van der Waals surface area contributed by atoms with Gasteiger partial charge >= 0.3 is 5.97 Å². The SMILES string of the molecule is CCOC(=O)C=Cc1ccccc1C1(c2ccc3c(c2)C(C)(C)CCC3(C)C)CC1. The predicted molar refractivity (Wildman–Crippen MR) is 124 cm³/mol. The van der Waals surface area contributed by atoms with Gasteiger partial charge in [-0.1, -0.05) is 70.2 Å². The quantitative estimate of drug-likeness (QED) is 0.411. The van der Waals surface area contributed by atoms with Crippen LogP contribution in [-0.2, 0) is 25.8 Å². The highest BCUT2D eigenvalue weighted by molar-refractivity contribution is 5.87. The molecule has 158 valence electrons. The van der Waals surface area contributed by atoms with Gasteiger partial charge in [-0.3, -0.25) is 0 Å². The molecule has 2 aliphatic rings. The fraction of sp³-hybridized carbons (Fsp3) is 0.464. The van der Waals surface area contributed by atoms with Crippen LogP contribution in [-0.4, -0.2) is 12.6 Å². The number of benzene rings is 2. The molecule has 0 bridgehead atoms. The molecule has 0 radical (unpaired) electrons. The van der Waals surface area contributed by atoms with Crippen LogP contribution in [0.25, 0.3) is 6.08 Å². The lowest BCUT2D eigenvalue weighted by atomic mass is 9.62. The Bertz CT molecular complexity index is 989. The van der Waals surface area contributed by atoms with Gasteiger partial charge in [0, 0.05) is 11.5 Å². The second-order valence-corrected chi connectivity index (χ2v) is 10.3. The van der Waals surface area contributed by atoms with Crippen LogP contribution in [0, 0.1) is 0 Å². The lowest BCUT2D eigenvalue weighted by Gasteiger charge is -2.42. The summed E-state index contributed by atoms with van der Waals surface area (Å²) in [5, 5.41) is 0. The highest BCUT2D eigenvalue weighted by Crippen LogP contribution is 2.56. The Morgan fingerprint density at radius 3 is 2.23 bits per heavy atom. The normalized spacial score (nSPS) is 20.6. The molecule has 0 aromatic heterocycles. The Labute approximate surface area is 181 Å². The average Bonchev–Trinajstić information content (AvgIpc) is 3.52. The average molecular weight is 403 g/mol. The molecule has 2 heteroatoms. The van der Waals surface area contributed by atoms with Crippen LogP contribution in [0.1, 0.15) is 88.1 Å². The summed E-state index contributed by atoms with van der Waals surface area (Å²) in [6.45, 7) is 11.8. The van der Waals surface area contributed by atoms with E-state index in [1.54, 1.807) is 6.08 Å². The monoisotopic (exact) mass is 402 g/mol. The summed E-state index contributed by atoms with van der Waals surface area (Å²) in [5.74, 6) is -0.282. The Kier molecular flexibility index (Phi) is 5.16. The van der Waals surface area contributed by atoms with Gasteiger partial charge in [0.1, 0.15) is 0 Å². The van der Waals surface area contributed by atoms with E-state index >= 15 is 0 Å². The first-order valence-corrected chi connectivity index (χ1v) is 11.3. The van der Waals surface area contributed by atoms with E-state index in [9.17, 15) is 4.79 Å². The first-order valence-electron chi connectivity index (χ1n) is 11.3. The Morgan fingerprint density at radius 1 is 0.900 bits per heavy atom. The van der Waals surface area contributed by atoms with Crippen molar-refractivity contribution in [3.8, 4) is 0 Å². The van der Waals surface area contributed by atoms with Crippen molar-refractivity contribution in [3.63, 3.8) is 0 Å². The molecule has 2 nitrogen and oxygen atoms in total. The molecule has 0 saturated heterocycles. The molecule has 0 atom stereocenters. The lowest BCUT2D eigenvalue weighted by molar-refractivity contribution is -0.137. The molecule has 1 saturated carbocycles. The van der Waals surface area contributed by atoms with Gasteiger partial charge < -0.3 is 4.74 Å². The Balaban J connectivity index is 1.76. The largest absolute Gasteiger partial charge is 0.463 e. The summed E-state index contributed by atoms with van der Waals surface area (Å²) in [5.41, 5.74) is 7.38. The molecule has 0 amide bonds. The summed E-state index contributed by atoms with van der Waals surface area (Å²) in [6, 6.07) is 15.7. The fourth-order valence-electron chi connectivity index (χ4n) is 5.15. The highest BCUT2D eigenvalue weighted by Gasteiger charge is 2.48. The zero-order valence-electron chi connectivity index (χ0n) is 19.0. The van der Waals surface area contributed by atoms with E-state index in [4.69, 9.17) is 4.74 Å². The number of carbonyl (C=O) groups excluding carboxylic acids is 1. The number of carbonyl (C=O) groups is 1. The van der Waals surface area contributed by atoms with E-state index in [0.29, 0.717) is 6.61 Å². The summed E-state index contributed by atoms with van der Waals surface area (Å²) in [6.07, 6.45) is 8.23. The zero-order chi connectivity index (χ0) is 21.6. The Morgan fingerprint density at radius 2 is 1.57 bits per heavy atom. The van der Waals surface area contributed by atoms with E-state index < -0.39 is 0 Å². The minimum Gasteiger partial charge on any atom is -0.463 e. The molecular formula is C28H34O2. The van der Waals surface area contributed by atoms with Gasteiger partial charge in [0.15, 0.2) is 0 Å². The van der Waals surface area contributed by atoms with Gasteiger partial charge in [0.25, 0.3) is 0 Å². The highest BCUT2D eigenvalue weighted by atomic mass is 16.5. The van der Waals surface area contributed by atoms with Gasteiger partial charge in [-0.25, -0.2) is 4.79 Å². The van der Waals surface area contributed by atoms with Crippen LogP contribution in [0.2, 0.25) is 0 Å². The molecule has 2 aliphatic carbocycles. The number of hydrogen-bond acceptors (Lipinski definition) is 2. The Hall–Kier alpha value is -2.35. The molecule has 0 heterocycles. The fourth-order valence-corrected chi connectivity index (χ4v) is 5.15. The molecule has 0 N–H and O–H groups in total. The molecule has 0 unspecified atom stereocenters. The molecule has 2 aromatic rings. The second-order valence-electron chi connectivity index (χ2n) is 10.3. The molecule has 2 aromatic carbocycles. The second kappa shape index (κ2) is 7.41. The molecule has 0 spiro atoms. The summed E-state index contributed by atoms with van der Waals surface area (Å²) in [4.78, 5) is 11.8. The third kappa shape index (κ3) is 3.62. The number of hydrogen-bond donors (Lipinski definition) is 0. The van der Waals surface area contributed by atoms with Gasteiger partial charge in [-0.05, 0) is 77.3 Å². The van der Waals surface area contributed by atoms with E-state index in [1.807, 2.05) is 19.1 Å². The van der Waals surface area contributed by atoms with E-state index in [2.05, 4.69) is 64.1 Å². The minimum absolute atomic E-state index is 0.0578.